The lowest BCUT2D eigenvalue weighted by Crippen LogP contribution is -2.33. The summed E-state index contributed by atoms with van der Waals surface area (Å²) in [4.78, 5) is 14.2. The molecular formula is C21H24ClN3O4S. The van der Waals surface area contributed by atoms with Gasteiger partial charge in [0.1, 0.15) is 12.3 Å². The van der Waals surface area contributed by atoms with E-state index in [2.05, 4.69) is 4.72 Å². The number of amides is 1. The van der Waals surface area contributed by atoms with Crippen LogP contribution in [-0.2, 0) is 21.4 Å². The van der Waals surface area contributed by atoms with E-state index in [1.807, 2.05) is 30.7 Å². The maximum atomic E-state index is 12.7. The third-order valence-electron chi connectivity index (χ3n) is 4.88. The summed E-state index contributed by atoms with van der Waals surface area (Å²) >= 11 is 6.05. The Bertz CT molecular complexity index is 1170. The highest BCUT2D eigenvalue weighted by Crippen LogP contribution is 2.28. The summed E-state index contributed by atoms with van der Waals surface area (Å²) in [5.41, 5.74) is 1.27. The number of ether oxygens (including phenoxy) is 1. The van der Waals surface area contributed by atoms with Crippen molar-refractivity contribution in [2.24, 2.45) is 0 Å². The van der Waals surface area contributed by atoms with Crippen LogP contribution in [0.25, 0.3) is 10.9 Å². The minimum absolute atomic E-state index is 0.0378. The van der Waals surface area contributed by atoms with Gasteiger partial charge in [-0.3, -0.25) is 9.52 Å². The first-order chi connectivity index (χ1) is 14.3. The Morgan fingerprint density at radius 1 is 1.13 bits per heavy atom. The normalized spacial score (nSPS) is 11.5. The standard InChI is InChI=1S/C21H24ClN3O4S/c1-4-24(5-2)21(26)14-25-11-10-15-12-16(6-8-19(15)25)23-30(27,28)17-7-9-20(29-3)18(22)13-17/h6-13,23H,4-5,14H2,1-3H3. The number of benzene rings is 2. The van der Waals surface area contributed by atoms with E-state index in [0.717, 1.165) is 10.9 Å². The summed E-state index contributed by atoms with van der Waals surface area (Å²) < 4.78 is 34.9. The Morgan fingerprint density at radius 3 is 2.50 bits per heavy atom. The molecule has 2 aromatic carbocycles. The summed E-state index contributed by atoms with van der Waals surface area (Å²) in [7, 11) is -2.35. The second-order valence-corrected chi connectivity index (χ2v) is 8.77. The SMILES string of the molecule is CCN(CC)C(=O)Cn1ccc2cc(NS(=O)(=O)c3ccc(OC)c(Cl)c3)ccc21. The van der Waals surface area contributed by atoms with Crippen LogP contribution < -0.4 is 9.46 Å². The van der Waals surface area contributed by atoms with Crippen molar-refractivity contribution >= 4 is 44.1 Å². The summed E-state index contributed by atoms with van der Waals surface area (Å²) in [5.74, 6) is 0.441. The number of likely N-dealkylation sites (N-methyl/N-ethyl adjacent to an activating group) is 1. The maximum Gasteiger partial charge on any atom is 0.261 e. The summed E-state index contributed by atoms with van der Waals surface area (Å²) in [6.45, 7) is 5.46. The quantitative estimate of drug-likeness (QED) is 0.564. The van der Waals surface area contributed by atoms with Crippen molar-refractivity contribution in [3.05, 3.63) is 53.7 Å². The zero-order chi connectivity index (χ0) is 21.9. The topological polar surface area (TPSA) is 80.6 Å². The molecule has 3 rings (SSSR count). The molecular weight excluding hydrogens is 426 g/mol. The molecule has 9 heteroatoms. The first-order valence-corrected chi connectivity index (χ1v) is 11.4. The second kappa shape index (κ2) is 8.97. The van der Waals surface area contributed by atoms with Crippen molar-refractivity contribution in [2.45, 2.75) is 25.3 Å². The monoisotopic (exact) mass is 449 g/mol. The molecule has 0 aliphatic heterocycles. The van der Waals surface area contributed by atoms with Crippen LogP contribution in [0.2, 0.25) is 5.02 Å². The number of nitrogens with zero attached hydrogens (tertiary/aromatic N) is 2. The van der Waals surface area contributed by atoms with E-state index in [9.17, 15) is 13.2 Å². The third kappa shape index (κ3) is 4.55. The van der Waals surface area contributed by atoms with Gasteiger partial charge in [-0.2, -0.15) is 0 Å². The molecule has 0 spiro atoms. The number of methoxy groups -OCH3 is 1. The fourth-order valence-corrected chi connectivity index (χ4v) is 4.65. The van der Waals surface area contributed by atoms with E-state index in [1.54, 1.807) is 23.1 Å². The molecule has 0 saturated carbocycles. The number of sulfonamides is 1. The first kappa shape index (κ1) is 22.0. The number of hydrogen-bond acceptors (Lipinski definition) is 4. The lowest BCUT2D eigenvalue weighted by molar-refractivity contribution is -0.131. The molecule has 0 unspecified atom stereocenters. The molecule has 0 bridgehead atoms. The largest absolute Gasteiger partial charge is 0.495 e. The van der Waals surface area contributed by atoms with E-state index in [0.29, 0.717) is 24.5 Å². The van der Waals surface area contributed by atoms with Gasteiger partial charge >= 0.3 is 0 Å². The van der Waals surface area contributed by atoms with Crippen LogP contribution in [0, 0.1) is 0 Å². The van der Waals surface area contributed by atoms with Crippen molar-refractivity contribution < 1.29 is 17.9 Å². The molecule has 0 radical (unpaired) electrons. The second-order valence-electron chi connectivity index (χ2n) is 6.69. The lowest BCUT2D eigenvalue weighted by atomic mass is 10.2. The number of aromatic nitrogens is 1. The third-order valence-corrected chi connectivity index (χ3v) is 6.55. The number of nitrogens with one attached hydrogen (secondary N) is 1. The van der Waals surface area contributed by atoms with Gasteiger partial charge in [-0.1, -0.05) is 11.6 Å². The fourth-order valence-electron chi connectivity index (χ4n) is 3.25. The molecule has 1 amide bonds. The predicted octanol–water partition coefficient (Wildman–Crippen LogP) is 3.97. The first-order valence-electron chi connectivity index (χ1n) is 9.52. The highest BCUT2D eigenvalue weighted by atomic mass is 35.5. The minimum atomic E-state index is -3.82. The van der Waals surface area contributed by atoms with Crippen molar-refractivity contribution in [3.63, 3.8) is 0 Å². The van der Waals surface area contributed by atoms with Crippen molar-refractivity contribution in [1.29, 1.82) is 0 Å². The van der Waals surface area contributed by atoms with Gasteiger partial charge in [0.2, 0.25) is 5.91 Å². The van der Waals surface area contributed by atoms with Crippen LogP contribution in [0.5, 0.6) is 5.75 Å². The Kier molecular flexibility index (Phi) is 6.58. The van der Waals surface area contributed by atoms with Gasteiger partial charge in [-0.25, -0.2) is 8.42 Å². The Balaban J connectivity index is 1.83. The van der Waals surface area contributed by atoms with Gasteiger partial charge in [-0.05, 0) is 56.3 Å². The molecule has 0 fully saturated rings. The molecule has 30 heavy (non-hydrogen) atoms. The number of hydrogen-bond donors (Lipinski definition) is 1. The highest BCUT2D eigenvalue weighted by Gasteiger charge is 2.17. The maximum absolute atomic E-state index is 12.7. The fraction of sp³-hybridized carbons (Fsp3) is 0.286. The number of fused-ring (bicyclic) bond motifs is 1. The number of halogens is 1. The average molecular weight is 450 g/mol. The van der Waals surface area contributed by atoms with Crippen LogP contribution in [-0.4, -0.2) is 44.0 Å². The van der Waals surface area contributed by atoms with Crippen LogP contribution in [0.3, 0.4) is 0 Å². The van der Waals surface area contributed by atoms with E-state index < -0.39 is 10.0 Å². The van der Waals surface area contributed by atoms with E-state index >= 15 is 0 Å². The number of rotatable bonds is 8. The molecule has 3 aromatic rings. The average Bonchev–Trinajstić information content (AvgIpc) is 3.10. The smallest absolute Gasteiger partial charge is 0.261 e. The van der Waals surface area contributed by atoms with Crippen molar-refractivity contribution in [2.75, 3.05) is 24.9 Å². The molecule has 0 saturated heterocycles. The Hall–Kier alpha value is -2.71. The summed E-state index contributed by atoms with van der Waals surface area (Å²) in [5, 5.41) is 1.04. The van der Waals surface area contributed by atoms with Crippen LogP contribution in [0.1, 0.15) is 13.8 Å². The molecule has 0 aliphatic carbocycles. The Morgan fingerprint density at radius 2 is 1.87 bits per heavy atom. The van der Waals surface area contributed by atoms with Gasteiger partial charge in [0.25, 0.3) is 10.0 Å². The summed E-state index contributed by atoms with van der Waals surface area (Å²) in [6.07, 6.45) is 1.83. The van der Waals surface area contributed by atoms with Crippen LogP contribution in [0.15, 0.2) is 53.6 Å². The van der Waals surface area contributed by atoms with Crippen molar-refractivity contribution in [3.8, 4) is 5.75 Å². The minimum Gasteiger partial charge on any atom is -0.495 e. The predicted molar refractivity (Wildman–Crippen MR) is 119 cm³/mol. The van der Waals surface area contributed by atoms with Gasteiger partial charge in [0.05, 0.1) is 17.0 Å². The number of carbonyl (C=O) groups is 1. The zero-order valence-corrected chi connectivity index (χ0v) is 18.6. The van der Waals surface area contributed by atoms with E-state index in [4.69, 9.17) is 16.3 Å². The molecule has 1 heterocycles. The molecule has 7 nitrogen and oxygen atoms in total. The molecule has 1 aromatic heterocycles. The summed E-state index contributed by atoms with van der Waals surface area (Å²) in [6, 6.07) is 11.3. The van der Waals surface area contributed by atoms with Crippen LogP contribution in [0.4, 0.5) is 5.69 Å². The van der Waals surface area contributed by atoms with Gasteiger partial charge in [0.15, 0.2) is 0 Å². The lowest BCUT2D eigenvalue weighted by Gasteiger charge is -2.19. The van der Waals surface area contributed by atoms with Gasteiger partial charge in [-0.15, -0.1) is 0 Å². The zero-order valence-electron chi connectivity index (χ0n) is 17.1. The number of anilines is 1. The Labute approximate surface area is 181 Å². The van der Waals surface area contributed by atoms with E-state index in [-0.39, 0.29) is 22.4 Å². The highest BCUT2D eigenvalue weighted by molar-refractivity contribution is 7.92. The van der Waals surface area contributed by atoms with E-state index in [1.165, 1.54) is 25.3 Å². The number of carbonyl (C=O) groups excluding carboxylic acids is 1. The van der Waals surface area contributed by atoms with Crippen LogP contribution >= 0.6 is 11.6 Å². The van der Waals surface area contributed by atoms with Gasteiger partial charge < -0.3 is 14.2 Å². The van der Waals surface area contributed by atoms with Crippen molar-refractivity contribution in [1.82, 2.24) is 9.47 Å². The molecule has 0 atom stereocenters. The van der Waals surface area contributed by atoms with Gasteiger partial charge in [0, 0.05) is 35.9 Å². The molecule has 0 aliphatic rings. The molecule has 1 N–H and O–H groups in total. The molecule has 160 valence electrons.